The number of rotatable bonds is 6. The van der Waals surface area contributed by atoms with Gasteiger partial charge in [-0.25, -0.2) is 4.98 Å². The van der Waals surface area contributed by atoms with E-state index in [1.54, 1.807) is 0 Å². The summed E-state index contributed by atoms with van der Waals surface area (Å²) in [5.41, 5.74) is 1.81. The van der Waals surface area contributed by atoms with Gasteiger partial charge in [-0.15, -0.1) is 11.3 Å². The number of thiazole rings is 1. The van der Waals surface area contributed by atoms with Crippen LogP contribution in [0.4, 0.5) is 5.13 Å². The van der Waals surface area contributed by atoms with Crippen molar-refractivity contribution in [3.05, 3.63) is 10.6 Å². The summed E-state index contributed by atoms with van der Waals surface area (Å²) < 4.78 is 0. The molecule has 3 nitrogen and oxygen atoms in total. The number of nitrogens with one attached hydrogen (secondary N) is 1. The molecule has 120 valence electrons. The lowest BCUT2D eigenvalue weighted by Crippen LogP contribution is -2.24. The van der Waals surface area contributed by atoms with E-state index in [2.05, 4.69) is 37.9 Å². The highest BCUT2D eigenvalue weighted by Crippen LogP contribution is 2.34. The van der Waals surface area contributed by atoms with Crippen LogP contribution in [0.5, 0.6) is 0 Å². The fraction of sp³-hybridized carbons (Fsp3) is 0.824. The smallest absolute Gasteiger partial charge is 0.185 e. The lowest BCUT2D eigenvalue weighted by molar-refractivity contribution is 0.325. The maximum Gasteiger partial charge on any atom is 0.185 e. The molecule has 1 fully saturated rings. The summed E-state index contributed by atoms with van der Waals surface area (Å²) in [6.45, 7) is 13.5. The van der Waals surface area contributed by atoms with Gasteiger partial charge in [-0.3, -0.25) is 0 Å². The van der Waals surface area contributed by atoms with Gasteiger partial charge in [-0.05, 0) is 37.6 Å². The Morgan fingerprint density at radius 2 is 2.05 bits per heavy atom. The second kappa shape index (κ2) is 7.59. The number of aromatic nitrogens is 1. The van der Waals surface area contributed by atoms with Gasteiger partial charge in [-0.1, -0.05) is 34.1 Å². The van der Waals surface area contributed by atoms with Gasteiger partial charge in [-0.2, -0.15) is 0 Å². The summed E-state index contributed by atoms with van der Waals surface area (Å²) in [6.07, 6.45) is 6.18. The molecule has 1 aliphatic rings. The number of hydrogen-bond donors (Lipinski definition) is 1. The van der Waals surface area contributed by atoms with Gasteiger partial charge in [0.2, 0.25) is 0 Å². The Bertz CT molecular complexity index is 439. The molecule has 2 heterocycles. The molecule has 4 heteroatoms. The monoisotopic (exact) mass is 309 g/mol. The second-order valence-corrected chi connectivity index (χ2v) is 7.96. The molecule has 1 N–H and O–H groups in total. The summed E-state index contributed by atoms with van der Waals surface area (Å²) in [4.78, 5) is 8.93. The first-order valence-corrected chi connectivity index (χ1v) is 9.31. The van der Waals surface area contributed by atoms with Gasteiger partial charge < -0.3 is 10.2 Å². The van der Waals surface area contributed by atoms with Gasteiger partial charge in [0.25, 0.3) is 0 Å². The molecule has 1 saturated heterocycles. The minimum absolute atomic E-state index is 0.491. The van der Waals surface area contributed by atoms with Crippen molar-refractivity contribution in [2.45, 2.75) is 66.3 Å². The zero-order valence-corrected chi connectivity index (χ0v) is 15.0. The zero-order chi connectivity index (χ0) is 15.3. The zero-order valence-electron chi connectivity index (χ0n) is 14.2. The van der Waals surface area contributed by atoms with Crippen LogP contribution in [0.2, 0.25) is 0 Å². The van der Waals surface area contributed by atoms with Crippen molar-refractivity contribution in [1.82, 2.24) is 10.3 Å². The van der Waals surface area contributed by atoms with E-state index >= 15 is 0 Å². The highest BCUT2D eigenvalue weighted by Gasteiger charge is 2.25. The highest BCUT2D eigenvalue weighted by atomic mass is 32.1. The van der Waals surface area contributed by atoms with Crippen molar-refractivity contribution in [2.24, 2.45) is 5.41 Å². The van der Waals surface area contributed by atoms with Gasteiger partial charge in [0.1, 0.15) is 0 Å². The first-order valence-electron chi connectivity index (χ1n) is 8.50. The first kappa shape index (κ1) is 16.8. The van der Waals surface area contributed by atoms with Crippen LogP contribution in [-0.4, -0.2) is 24.6 Å². The van der Waals surface area contributed by atoms with Crippen LogP contribution in [0.25, 0.3) is 0 Å². The van der Waals surface area contributed by atoms with Crippen molar-refractivity contribution in [1.29, 1.82) is 0 Å². The molecular formula is C17H31N3S. The Hall–Kier alpha value is -0.610. The molecule has 0 bridgehead atoms. The van der Waals surface area contributed by atoms with Crippen LogP contribution in [-0.2, 0) is 13.0 Å². The normalized spacial score (nSPS) is 18.8. The van der Waals surface area contributed by atoms with Gasteiger partial charge >= 0.3 is 0 Å². The first-order chi connectivity index (χ1) is 10.1. The topological polar surface area (TPSA) is 28.2 Å². The molecule has 0 aliphatic carbocycles. The Morgan fingerprint density at radius 3 is 2.76 bits per heavy atom. The lowest BCUT2D eigenvalue weighted by atomic mass is 9.85. The van der Waals surface area contributed by atoms with Crippen molar-refractivity contribution in [3.63, 3.8) is 0 Å². The molecule has 0 unspecified atom stereocenters. The number of hydrogen-bond acceptors (Lipinski definition) is 4. The minimum atomic E-state index is 0.491. The average Bonchev–Trinajstić information content (AvgIpc) is 2.74. The van der Waals surface area contributed by atoms with E-state index in [-0.39, 0.29) is 0 Å². The highest BCUT2D eigenvalue weighted by molar-refractivity contribution is 7.15. The summed E-state index contributed by atoms with van der Waals surface area (Å²) in [6, 6.07) is 0. The molecule has 1 aliphatic heterocycles. The minimum Gasteiger partial charge on any atom is -0.348 e. The SMILES string of the molecule is CCCc1nc(N2CCCC(C)(C)CC2)sc1CNCC. The van der Waals surface area contributed by atoms with Crippen LogP contribution in [0.15, 0.2) is 0 Å². The van der Waals surface area contributed by atoms with E-state index in [0.717, 1.165) is 26.1 Å². The standard InChI is InChI=1S/C17H31N3S/c1-5-8-14-15(13-18-6-2)21-16(19-14)20-11-7-9-17(3,4)10-12-20/h18H,5-13H2,1-4H3. The second-order valence-electron chi connectivity index (χ2n) is 6.90. The Balaban J connectivity index is 2.11. The van der Waals surface area contributed by atoms with E-state index in [1.807, 2.05) is 11.3 Å². The molecule has 0 radical (unpaired) electrons. The van der Waals surface area contributed by atoms with Crippen LogP contribution < -0.4 is 10.2 Å². The molecule has 0 amide bonds. The molecule has 0 saturated carbocycles. The summed E-state index contributed by atoms with van der Waals surface area (Å²) in [5, 5.41) is 4.71. The van der Waals surface area contributed by atoms with Gasteiger partial charge in [0.15, 0.2) is 5.13 Å². The van der Waals surface area contributed by atoms with Crippen molar-refractivity contribution in [3.8, 4) is 0 Å². The van der Waals surface area contributed by atoms with Crippen LogP contribution >= 0.6 is 11.3 Å². The maximum atomic E-state index is 4.97. The number of nitrogens with zero attached hydrogens (tertiary/aromatic N) is 2. The van der Waals surface area contributed by atoms with Gasteiger partial charge in [0, 0.05) is 24.5 Å². The summed E-state index contributed by atoms with van der Waals surface area (Å²) in [5.74, 6) is 0. The Kier molecular flexibility index (Phi) is 6.06. The molecule has 0 aromatic carbocycles. The van der Waals surface area contributed by atoms with E-state index in [1.165, 1.54) is 47.9 Å². The Morgan fingerprint density at radius 1 is 1.24 bits per heavy atom. The van der Waals surface area contributed by atoms with E-state index in [0.29, 0.717) is 5.41 Å². The molecule has 0 atom stereocenters. The van der Waals surface area contributed by atoms with Gasteiger partial charge in [0.05, 0.1) is 5.69 Å². The predicted molar refractivity (Wildman–Crippen MR) is 93.3 cm³/mol. The fourth-order valence-electron chi connectivity index (χ4n) is 2.93. The summed E-state index contributed by atoms with van der Waals surface area (Å²) >= 11 is 1.91. The number of aryl methyl sites for hydroxylation is 1. The third kappa shape index (κ3) is 4.68. The largest absolute Gasteiger partial charge is 0.348 e. The average molecular weight is 310 g/mol. The quantitative estimate of drug-likeness (QED) is 0.852. The molecule has 0 spiro atoms. The lowest BCUT2D eigenvalue weighted by Gasteiger charge is -2.22. The maximum absolute atomic E-state index is 4.97. The molecule has 1 aromatic rings. The van der Waals surface area contributed by atoms with Crippen molar-refractivity contribution < 1.29 is 0 Å². The third-order valence-electron chi connectivity index (χ3n) is 4.40. The molecule has 21 heavy (non-hydrogen) atoms. The molecule has 1 aromatic heterocycles. The van der Waals surface area contributed by atoms with Crippen LogP contribution in [0.1, 0.15) is 63.9 Å². The summed E-state index contributed by atoms with van der Waals surface area (Å²) in [7, 11) is 0. The number of anilines is 1. The van der Waals surface area contributed by atoms with E-state index in [4.69, 9.17) is 4.98 Å². The molecular weight excluding hydrogens is 278 g/mol. The van der Waals surface area contributed by atoms with Crippen molar-refractivity contribution in [2.75, 3.05) is 24.5 Å². The van der Waals surface area contributed by atoms with Crippen LogP contribution in [0.3, 0.4) is 0 Å². The molecule has 2 rings (SSSR count). The fourth-order valence-corrected chi connectivity index (χ4v) is 4.06. The predicted octanol–water partition coefficient (Wildman–Crippen LogP) is 4.22. The van der Waals surface area contributed by atoms with E-state index in [9.17, 15) is 0 Å². The third-order valence-corrected chi connectivity index (χ3v) is 5.56. The van der Waals surface area contributed by atoms with E-state index < -0.39 is 0 Å². The van der Waals surface area contributed by atoms with Crippen molar-refractivity contribution >= 4 is 16.5 Å². The van der Waals surface area contributed by atoms with Crippen LogP contribution in [0, 0.1) is 5.41 Å². The Labute approximate surface area is 134 Å².